The van der Waals surface area contributed by atoms with Crippen LogP contribution < -0.4 is 24.4 Å². The first kappa shape index (κ1) is 26.5. The highest BCUT2D eigenvalue weighted by Crippen LogP contribution is 2.43. The highest BCUT2D eigenvalue weighted by molar-refractivity contribution is 5.86. The molecule has 0 aliphatic carbocycles. The lowest BCUT2D eigenvalue weighted by atomic mass is 10.0. The molecular formula is C27H26O11. The maximum Gasteiger partial charge on any atom is 0.204 e. The molecule has 0 saturated heterocycles. The van der Waals surface area contributed by atoms with Crippen LogP contribution in [0.25, 0.3) is 22.3 Å². The topological polar surface area (TPSA) is 168 Å². The molecule has 38 heavy (non-hydrogen) atoms. The predicted molar refractivity (Wildman–Crippen MR) is 135 cm³/mol. The zero-order chi connectivity index (χ0) is 27.6. The Kier molecular flexibility index (Phi) is 7.51. The summed E-state index contributed by atoms with van der Waals surface area (Å²) >= 11 is 0. The van der Waals surface area contributed by atoms with Gasteiger partial charge in [-0.15, -0.1) is 0 Å². The molecule has 2 atom stereocenters. The zero-order valence-corrected chi connectivity index (χ0v) is 20.7. The van der Waals surface area contributed by atoms with E-state index < -0.39 is 30.0 Å². The fourth-order valence-corrected chi connectivity index (χ4v) is 3.98. The second kappa shape index (κ2) is 10.8. The van der Waals surface area contributed by atoms with Gasteiger partial charge in [-0.2, -0.15) is 0 Å². The third-order valence-corrected chi connectivity index (χ3v) is 5.89. The normalized spacial score (nSPS) is 12.7. The second-order valence-corrected chi connectivity index (χ2v) is 8.24. The molecule has 0 bridgehead atoms. The average molecular weight is 526 g/mol. The Labute approximate surface area is 216 Å². The summed E-state index contributed by atoms with van der Waals surface area (Å²) in [6.07, 6.45) is -2.51. The Bertz CT molecular complexity index is 1500. The number of hydrogen-bond acceptors (Lipinski definition) is 11. The second-order valence-electron chi connectivity index (χ2n) is 8.24. The molecule has 0 aliphatic heterocycles. The van der Waals surface area contributed by atoms with Gasteiger partial charge in [0.1, 0.15) is 34.3 Å². The van der Waals surface area contributed by atoms with Gasteiger partial charge in [0, 0.05) is 23.8 Å². The van der Waals surface area contributed by atoms with Crippen LogP contribution in [0.2, 0.25) is 0 Å². The van der Waals surface area contributed by atoms with Gasteiger partial charge in [-0.25, -0.2) is 0 Å². The van der Waals surface area contributed by atoms with E-state index >= 15 is 0 Å². The molecule has 1 aromatic heterocycles. The first-order valence-corrected chi connectivity index (χ1v) is 11.3. The minimum Gasteiger partial charge on any atom is -0.508 e. The number of ether oxygens (including phenoxy) is 4. The van der Waals surface area contributed by atoms with E-state index in [2.05, 4.69) is 0 Å². The van der Waals surface area contributed by atoms with Crippen LogP contribution in [0, 0.1) is 0 Å². The molecule has 11 nitrogen and oxygen atoms in total. The van der Waals surface area contributed by atoms with Gasteiger partial charge in [0.05, 0.1) is 27.9 Å². The molecule has 0 spiro atoms. The lowest BCUT2D eigenvalue weighted by Gasteiger charge is -2.25. The van der Waals surface area contributed by atoms with Crippen molar-refractivity contribution in [2.24, 2.45) is 0 Å². The van der Waals surface area contributed by atoms with Crippen LogP contribution in [0.3, 0.4) is 0 Å². The van der Waals surface area contributed by atoms with Gasteiger partial charge >= 0.3 is 0 Å². The smallest absolute Gasteiger partial charge is 0.204 e. The summed E-state index contributed by atoms with van der Waals surface area (Å²) in [5.74, 6) is -0.268. The summed E-state index contributed by atoms with van der Waals surface area (Å²) in [4.78, 5) is 12.7. The van der Waals surface area contributed by atoms with Gasteiger partial charge in [-0.05, 0) is 29.8 Å². The summed E-state index contributed by atoms with van der Waals surface area (Å²) in [6, 6.07) is 10.6. The Hall–Kier alpha value is -4.61. The molecule has 0 saturated carbocycles. The zero-order valence-electron chi connectivity index (χ0n) is 20.7. The van der Waals surface area contributed by atoms with Crippen molar-refractivity contribution in [2.75, 3.05) is 27.9 Å². The lowest BCUT2D eigenvalue weighted by molar-refractivity contribution is -0.00173. The summed E-state index contributed by atoms with van der Waals surface area (Å²) < 4.78 is 27.7. The predicted octanol–water partition coefficient (Wildman–Crippen LogP) is 3.08. The third-order valence-electron chi connectivity index (χ3n) is 5.89. The van der Waals surface area contributed by atoms with Crippen molar-refractivity contribution in [3.8, 4) is 51.6 Å². The fraction of sp³-hybridized carbons (Fsp3) is 0.222. The number of hydrogen-bond donors (Lipinski definition) is 5. The van der Waals surface area contributed by atoms with Crippen LogP contribution in [0.1, 0.15) is 11.7 Å². The van der Waals surface area contributed by atoms with E-state index in [1.165, 1.54) is 63.8 Å². The maximum absolute atomic E-state index is 12.7. The molecule has 3 aromatic carbocycles. The van der Waals surface area contributed by atoms with Crippen molar-refractivity contribution in [3.63, 3.8) is 0 Å². The van der Waals surface area contributed by atoms with Crippen molar-refractivity contribution >= 4 is 11.0 Å². The Morgan fingerprint density at radius 1 is 0.842 bits per heavy atom. The highest BCUT2D eigenvalue weighted by atomic mass is 16.6. The molecule has 4 rings (SSSR count). The van der Waals surface area contributed by atoms with Crippen LogP contribution in [0.15, 0.2) is 57.7 Å². The largest absolute Gasteiger partial charge is 0.508 e. The molecule has 5 N–H and O–H groups in total. The first-order valence-electron chi connectivity index (χ1n) is 11.3. The molecule has 11 heteroatoms. The summed E-state index contributed by atoms with van der Waals surface area (Å²) in [5.41, 5.74) is 0.0933. The minimum absolute atomic E-state index is 0.0314. The Morgan fingerprint density at radius 2 is 1.50 bits per heavy atom. The summed E-state index contributed by atoms with van der Waals surface area (Å²) in [6.45, 7) is -0.592. The van der Waals surface area contributed by atoms with Gasteiger partial charge in [0.25, 0.3) is 0 Å². The number of aromatic hydroxyl groups is 3. The summed E-state index contributed by atoms with van der Waals surface area (Å²) in [5, 5.41) is 50.5. The van der Waals surface area contributed by atoms with Crippen molar-refractivity contribution in [3.05, 3.63) is 64.3 Å². The van der Waals surface area contributed by atoms with Crippen molar-refractivity contribution < 1.29 is 48.9 Å². The van der Waals surface area contributed by atoms with E-state index in [1.807, 2.05) is 0 Å². The average Bonchev–Trinajstić information content (AvgIpc) is 2.90. The number of phenols is 3. The van der Waals surface area contributed by atoms with Crippen molar-refractivity contribution in [2.45, 2.75) is 12.2 Å². The number of methoxy groups -OCH3 is 3. The van der Waals surface area contributed by atoms with Crippen LogP contribution >= 0.6 is 0 Å². The number of fused-ring (bicyclic) bond motifs is 1. The Morgan fingerprint density at radius 3 is 2.11 bits per heavy atom. The van der Waals surface area contributed by atoms with E-state index in [9.17, 15) is 30.3 Å². The van der Waals surface area contributed by atoms with Crippen molar-refractivity contribution in [1.29, 1.82) is 0 Å². The molecular weight excluding hydrogens is 500 g/mol. The third kappa shape index (κ3) is 4.97. The lowest BCUT2D eigenvalue weighted by Crippen LogP contribution is -2.29. The summed E-state index contributed by atoms with van der Waals surface area (Å²) in [7, 11) is 4.10. The van der Waals surface area contributed by atoms with Gasteiger partial charge in [-0.1, -0.05) is 6.07 Å². The number of benzene rings is 3. The number of aliphatic hydroxyl groups excluding tert-OH is 2. The van der Waals surface area contributed by atoms with Crippen LogP contribution in [-0.2, 0) is 0 Å². The molecule has 0 radical (unpaired) electrons. The molecule has 0 fully saturated rings. The number of aliphatic hydroxyl groups is 2. The van der Waals surface area contributed by atoms with Crippen LogP contribution in [0.4, 0.5) is 0 Å². The number of phenolic OH excluding ortho intramolecular Hbond substituents is 3. The van der Waals surface area contributed by atoms with Crippen LogP contribution in [0.5, 0.6) is 40.2 Å². The fourth-order valence-electron chi connectivity index (χ4n) is 3.98. The molecule has 200 valence electrons. The highest BCUT2D eigenvalue weighted by Gasteiger charge is 2.27. The molecule has 0 aliphatic rings. The minimum atomic E-state index is -1.33. The SMILES string of the molecule is COc1cc(C(O)C(CO)Oc2c(OC)cc(-c3cc(=O)c4c(O)cc(O)cc4o3)cc2OC)ccc1O. The van der Waals surface area contributed by atoms with E-state index in [1.54, 1.807) is 0 Å². The number of rotatable bonds is 9. The van der Waals surface area contributed by atoms with Gasteiger partial charge < -0.3 is 48.9 Å². The standard InChI is InChI=1S/C27H26O11/c1-34-20-6-13(4-5-16(20)30)26(33)24(12-28)38-27-22(35-2)7-14(8-23(27)36-3)19-11-18(32)25-17(31)9-15(29)10-21(25)37-19/h4-11,24,26,28-31,33H,12H2,1-3H3. The van der Waals surface area contributed by atoms with E-state index in [4.69, 9.17) is 23.4 Å². The van der Waals surface area contributed by atoms with E-state index in [0.29, 0.717) is 11.1 Å². The molecule has 0 amide bonds. The monoisotopic (exact) mass is 526 g/mol. The van der Waals surface area contributed by atoms with Crippen LogP contribution in [-0.4, -0.2) is 59.6 Å². The molecule has 1 heterocycles. The van der Waals surface area contributed by atoms with Gasteiger partial charge in [0.2, 0.25) is 5.75 Å². The first-order chi connectivity index (χ1) is 18.2. The Balaban J connectivity index is 1.75. The van der Waals surface area contributed by atoms with Gasteiger partial charge in [-0.3, -0.25) is 4.79 Å². The van der Waals surface area contributed by atoms with Crippen molar-refractivity contribution in [1.82, 2.24) is 0 Å². The maximum atomic E-state index is 12.7. The van der Waals surface area contributed by atoms with Gasteiger partial charge in [0.15, 0.2) is 34.5 Å². The van der Waals surface area contributed by atoms with E-state index in [0.717, 1.165) is 6.07 Å². The quantitative estimate of drug-likeness (QED) is 0.217. The molecule has 2 unspecified atom stereocenters. The molecule has 4 aromatic rings. The van der Waals surface area contributed by atoms with E-state index in [-0.39, 0.29) is 51.2 Å².